The molecule has 0 aromatic heterocycles. The molecule has 3 nitrogen and oxygen atoms in total. The predicted octanol–water partition coefficient (Wildman–Crippen LogP) is 2.42. The molecule has 0 fully saturated rings. The van der Waals surface area contributed by atoms with Gasteiger partial charge in [-0.3, -0.25) is 9.59 Å². The standard InChI is InChI=1S/C10H5Cl2NO2/c11-6-3-7(12)5-8(4-6)13-9(14)1-2-10(13)15/h1-5H/i1D,2D. The number of halogens is 2. The molecule has 0 unspecified atom stereocenters. The normalized spacial score (nSPS) is 18.4. The van der Waals surface area contributed by atoms with Gasteiger partial charge in [0.2, 0.25) is 0 Å². The fraction of sp³-hybridized carbons (Fsp3) is 0. The van der Waals surface area contributed by atoms with Crippen molar-refractivity contribution in [3.63, 3.8) is 0 Å². The fourth-order valence-electron chi connectivity index (χ4n) is 1.21. The fourth-order valence-corrected chi connectivity index (χ4v) is 1.73. The Balaban J connectivity index is 2.50. The Morgan fingerprint density at radius 2 is 1.47 bits per heavy atom. The van der Waals surface area contributed by atoms with E-state index in [4.69, 9.17) is 25.9 Å². The molecule has 0 spiro atoms. The highest BCUT2D eigenvalue weighted by atomic mass is 35.5. The maximum absolute atomic E-state index is 11.6. The van der Waals surface area contributed by atoms with E-state index < -0.39 is 23.9 Å². The first-order chi connectivity index (χ1) is 7.91. The third kappa shape index (κ3) is 1.89. The molecular formula is C10H5Cl2NO2. The molecular weight excluding hydrogens is 237 g/mol. The zero-order chi connectivity index (χ0) is 12.7. The van der Waals surface area contributed by atoms with Crippen molar-refractivity contribution in [2.45, 2.75) is 0 Å². The summed E-state index contributed by atoms with van der Waals surface area (Å²) in [6.45, 7) is 0. The number of nitrogens with zero attached hydrogens (tertiary/aromatic N) is 1. The number of benzene rings is 1. The summed E-state index contributed by atoms with van der Waals surface area (Å²) in [4.78, 5) is 23.9. The van der Waals surface area contributed by atoms with Gasteiger partial charge in [0.15, 0.2) is 0 Å². The summed E-state index contributed by atoms with van der Waals surface area (Å²) < 4.78 is 14.6. The number of amides is 2. The summed E-state index contributed by atoms with van der Waals surface area (Å²) in [7, 11) is 0. The molecule has 76 valence electrons. The first kappa shape index (κ1) is 7.91. The minimum absolute atomic E-state index is 0.157. The summed E-state index contributed by atoms with van der Waals surface area (Å²) in [6, 6.07) is 2.93. The van der Waals surface area contributed by atoms with Gasteiger partial charge in [0, 0.05) is 22.1 Å². The van der Waals surface area contributed by atoms with Crippen LogP contribution in [0.5, 0.6) is 0 Å². The van der Waals surface area contributed by atoms with Gasteiger partial charge >= 0.3 is 0 Å². The lowest BCUT2D eigenvalue weighted by Crippen LogP contribution is -2.29. The number of rotatable bonds is 1. The van der Waals surface area contributed by atoms with Gasteiger partial charge in [0.25, 0.3) is 11.8 Å². The molecule has 1 aromatic rings. The Bertz CT molecular complexity index is 527. The van der Waals surface area contributed by atoms with E-state index in [1.807, 2.05) is 0 Å². The van der Waals surface area contributed by atoms with Gasteiger partial charge in [-0.05, 0) is 18.2 Å². The minimum atomic E-state index is -0.849. The molecule has 0 saturated heterocycles. The van der Waals surface area contributed by atoms with E-state index in [1.54, 1.807) is 0 Å². The average molecular weight is 244 g/mol. The second-order valence-electron chi connectivity index (χ2n) is 2.82. The SMILES string of the molecule is [2H]C1=C([2H])C(=O)N(c2cc(Cl)cc(Cl)c2)C1=O. The third-order valence-electron chi connectivity index (χ3n) is 1.79. The van der Waals surface area contributed by atoms with Crippen LogP contribution in [0.4, 0.5) is 5.69 Å². The lowest BCUT2D eigenvalue weighted by atomic mass is 10.3. The summed E-state index contributed by atoms with van der Waals surface area (Å²) in [5.41, 5.74) is 0.157. The Hall–Kier alpha value is -1.32. The highest BCUT2D eigenvalue weighted by molar-refractivity contribution is 6.36. The van der Waals surface area contributed by atoms with Crippen LogP contribution in [0.2, 0.25) is 10.0 Å². The van der Waals surface area contributed by atoms with Crippen LogP contribution in [0.3, 0.4) is 0 Å². The molecule has 15 heavy (non-hydrogen) atoms. The van der Waals surface area contributed by atoms with Crippen molar-refractivity contribution < 1.29 is 12.3 Å². The molecule has 0 N–H and O–H groups in total. The smallest absolute Gasteiger partial charge is 0.258 e. The van der Waals surface area contributed by atoms with Crippen LogP contribution in [0.1, 0.15) is 2.74 Å². The number of carbonyl (C=O) groups excluding carboxylic acids is 2. The van der Waals surface area contributed by atoms with Crippen LogP contribution >= 0.6 is 23.2 Å². The second-order valence-corrected chi connectivity index (χ2v) is 3.70. The van der Waals surface area contributed by atoms with Crippen LogP contribution < -0.4 is 4.90 Å². The summed E-state index contributed by atoms with van der Waals surface area (Å²) >= 11 is 11.5. The zero-order valence-corrected chi connectivity index (χ0v) is 8.76. The van der Waals surface area contributed by atoms with Crippen molar-refractivity contribution in [1.82, 2.24) is 0 Å². The van der Waals surface area contributed by atoms with E-state index in [0.29, 0.717) is 4.90 Å². The van der Waals surface area contributed by atoms with E-state index in [2.05, 4.69) is 0 Å². The van der Waals surface area contributed by atoms with Crippen LogP contribution in [-0.4, -0.2) is 11.8 Å². The molecule has 5 heteroatoms. The highest BCUT2D eigenvalue weighted by Crippen LogP contribution is 2.27. The predicted molar refractivity (Wildman–Crippen MR) is 58.1 cm³/mol. The molecule has 1 aromatic carbocycles. The average Bonchev–Trinajstić information content (AvgIpc) is 2.42. The van der Waals surface area contributed by atoms with Gasteiger partial charge in [-0.1, -0.05) is 23.2 Å². The molecule has 1 heterocycles. The molecule has 0 bridgehead atoms. The molecule has 0 radical (unpaired) electrons. The molecule has 1 aliphatic heterocycles. The molecule has 2 rings (SSSR count). The minimum Gasteiger partial charge on any atom is -0.269 e. The number of hydrogen-bond donors (Lipinski definition) is 0. The van der Waals surface area contributed by atoms with E-state index in [1.165, 1.54) is 18.2 Å². The highest BCUT2D eigenvalue weighted by Gasteiger charge is 2.25. The van der Waals surface area contributed by atoms with E-state index in [9.17, 15) is 9.59 Å². The maximum atomic E-state index is 11.6. The number of anilines is 1. The number of carbonyl (C=O) groups is 2. The summed E-state index contributed by atoms with van der Waals surface area (Å²) in [5, 5.41) is 0.524. The summed E-state index contributed by atoms with van der Waals surface area (Å²) in [5.74, 6) is -1.70. The molecule has 0 aliphatic carbocycles. The molecule has 2 amide bonds. The monoisotopic (exact) mass is 243 g/mol. The van der Waals surface area contributed by atoms with Gasteiger partial charge in [-0.25, -0.2) is 4.90 Å². The number of hydrogen-bond acceptors (Lipinski definition) is 2. The lowest BCUT2D eigenvalue weighted by Gasteiger charge is -2.14. The first-order valence-corrected chi connectivity index (χ1v) is 4.70. The Morgan fingerprint density at radius 1 is 1.00 bits per heavy atom. The van der Waals surface area contributed by atoms with Gasteiger partial charge < -0.3 is 0 Å². The van der Waals surface area contributed by atoms with Gasteiger partial charge in [0.05, 0.1) is 8.43 Å². The van der Waals surface area contributed by atoms with Crippen LogP contribution in [-0.2, 0) is 9.59 Å². The van der Waals surface area contributed by atoms with Crippen LogP contribution in [0, 0.1) is 0 Å². The van der Waals surface area contributed by atoms with E-state index in [0.717, 1.165) is 0 Å². The van der Waals surface area contributed by atoms with Gasteiger partial charge in [-0.2, -0.15) is 0 Å². The van der Waals surface area contributed by atoms with Crippen molar-refractivity contribution in [2.24, 2.45) is 0 Å². The van der Waals surface area contributed by atoms with Crippen molar-refractivity contribution in [3.05, 3.63) is 40.3 Å². The largest absolute Gasteiger partial charge is 0.269 e. The van der Waals surface area contributed by atoms with Gasteiger partial charge in [-0.15, -0.1) is 0 Å². The zero-order valence-electron chi connectivity index (χ0n) is 9.25. The summed E-state index contributed by atoms with van der Waals surface area (Å²) in [6.07, 6.45) is 0. The second kappa shape index (κ2) is 3.68. The topological polar surface area (TPSA) is 37.4 Å². The van der Waals surface area contributed by atoms with Crippen LogP contribution in [0.25, 0.3) is 0 Å². The number of imide groups is 1. The molecule has 0 atom stereocenters. The Kier molecular flexibility index (Phi) is 1.94. The maximum Gasteiger partial charge on any atom is 0.258 e. The quantitative estimate of drug-likeness (QED) is 0.711. The van der Waals surface area contributed by atoms with Crippen molar-refractivity contribution >= 4 is 40.7 Å². The van der Waals surface area contributed by atoms with Crippen LogP contribution in [0.15, 0.2) is 30.3 Å². The third-order valence-corrected chi connectivity index (χ3v) is 2.22. The Labute approximate surface area is 98.7 Å². The first-order valence-electron chi connectivity index (χ1n) is 4.94. The van der Waals surface area contributed by atoms with E-state index in [-0.39, 0.29) is 15.7 Å². The molecule has 1 aliphatic rings. The van der Waals surface area contributed by atoms with Crippen molar-refractivity contribution in [1.29, 1.82) is 0 Å². The molecule has 0 saturated carbocycles. The lowest BCUT2D eigenvalue weighted by molar-refractivity contribution is -0.119. The van der Waals surface area contributed by atoms with Crippen molar-refractivity contribution in [2.75, 3.05) is 4.90 Å². The van der Waals surface area contributed by atoms with Crippen molar-refractivity contribution in [3.8, 4) is 0 Å². The van der Waals surface area contributed by atoms with E-state index >= 15 is 0 Å². The van der Waals surface area contributed by atoms with Gasteiger partial charge in [0.1, 0.15) is 0 Å². The Morgan fingerprint density at radius 3 is 1.93 bits per heavy atom.